The molecule has 1 atom stereocenters. The number of anilines is 2. The van der Waals surface area contributed by atoms with Gasteiger partial charge in [-0.15, -0.1) is 0 Å². The summed E-state index contributed by atoms with van der Waals surface area (Å²) in [5.74, 6) is 0.545. The number of morpholine rings is 1. The topological polar surface area (TPSA) is 145 Å². The van der Waals surface area contributed by atoms with Crippen LogP contribution in [0.4, 0.5) is 25.3 Å². The number of carbonyl (C=O) groups excluding carboxylic acids is 2. The highest BCUT2D eigenvalue weighted by molar-refractivity contribution is 5.86. The van der Waals surface area contributed by atoms with Crippen LogP contribution in [-0.4, -0.2) is 88.2 Å². The van der Waals surface area contributed by atoms with Gasteiger partial charge in [0.05, 0.1) is 30.9 Å². The van der Waals surface area contributed by atoms with Gasteiger partial charge in [0, 0.05) is 44.3 Å². The molecule has 2 aromatic carbocycles. The van der Waals surface area contributed by atoms with E-state index in [-0.39, 0.29) is 36.8 Å². The highest BCUT2D eigenvalue weighted by Gasteiger charge is 2.29. The zero-order valence-corrected chi connectivity index (χ0v) is 30.4. The van der Waals surface area contributed by atoms with E-state index < -0.39 is 24.2 Å². The average molecular weight is 735 g/mol. The fraction of sp³-hybridized carbons (Fsp3) is 0.500. The normalized spacial score (nSPS) is 18.5. The second-order valence-electron chi connectivity index (χ2n) is 14.3. The summed E-state index contributed by atoms with van der Waals surface area (Å²) < 4.78 is 46.8. The van der Waals surface area contributed by atoms with Crippen molar-refractivity contribution in [2.75, 3.05) is 43.1 Å². The molecule has 1 saturated carbocycles. The van der Waals surface area contributed by atoms with Crippen LogP contribution in [0.2, 0.25) is 0 Å². The lowest BCUT2D eigenvalue weighted by molar-refractivity contribution is -0.124. The van der Waals surface area contributed by atoms with Crippen molar-refractivity contribution in [1.29, 1.82) is 0 Å². The fourth-order valence-electron chi connectivity index (χ4n) is 6.52. The predicted octanol–water partition coefficient (Wildman–Crippen LogP) is 5.93. The third-order valence-corrected chi connectivity index (χ3v) is 9.10. The Morgan fingerprint density at radius 2 is 1.64 bits per heavy atom. The molecule has 2 fully saturated rings. The van der Waals surface area contributed by atoms with E-state index in [1.165, 1.54) is 4.57 Å². The van der Waals surface area contributed by atoms with Crippen LogP contribution in [0.25, 0.3) is 16.9 Å². The SMILES string of the molecule is CC(C)(C)OC(=O)N[C@H](CCOCc1ccccc1)C(=O)NC1CCC(Nc2cc(-n3c(C(F)F)nc4ccccc43)nc(N3CCOCC3)n2)CC1. The van der Waals surface area contributed by atoms with Gasteiger partial charge in [-0.3, -0.25) is 9.36 Å². The van der Waals surface area contributed by atoms with Crippen LogP contribution in [0, 0.1) is 0 Å². The van der Waals surface area contributed by atoms with E-state index in [1.54, 1.807) is 51.1 Å². The molecule has 2 aromatic heterocycles. The lowest BCUT2D eigenvalue weighted by Gasteiger charge is -2.32. The number of fused-ring (bicyclic) bond motifs is 1. The Bertz CT molecular complexity index is 1820. The number of imidazole rings is 1. The molecule has 53 heavy (non-hydrogen) atoms. The van der Waals surface area contributed by atoms with Gasteiger partial charge >= 0.3 is 6.09 Å². The maximum atomic E-state index is 14.3. The molecule has 3 N–H and O–H groups in total. The molecule has 15 heteroatoms. The number of nitrogens with one attached hydrogen (secondary N) is 3. The molecule has 1 aliphatic carbocycles. The number of ether oxygens (including phenoxy) is 3. The van der Waals surface area contributed by atoms with Gasteiger partial charge in [0.2, 0.25) is 11.9 Å². The quantitative estimate of drug-likeness (QED) is 0.142. The third-order valence-electron chi connectivity index (χ3n) is 9.10. The molecule has 1 aliphatic heterocycles. The molecular weight excluding hydrogens is 686 g/mol. The monoisotopic (exact) mass is 734 g/mol. The number of aromatic nitrogens is 4. The Balaban J connectivity index is 1.11. The first-order valence-electron chi connectivity index (χ1n) is 18.2. The molecule has 4 aromatic rings. The lowest BCUT2D eigenvalue weighted by atomic mass is 9.91. The Morgan fingerprint density at radius 1 is 0.943 bits per heavy atom. The van der Waals surface area contributed by atoms with Crippen LogP contribution in [0.3, 0.4) is 0 Å². The molecule has 0 bridgehead atoms. The van der Waals surface area contributed by atoms with Crippen molar-refractivity contribution in [3.63, 3.8) is 0 Å². The van der Waals surface area contributed by atoms with Gasteiger partial charge in [-0.1, -0.05) is 42.5 Å². The summed E-state index contributed by atoms with van der Waals surface area (Å²) in [4.78, 5) is 41.9. The van der Waals surface area contributed by atoms with Crippen LogP contribution in [0.1, 0.15) is 70.7 Å². The largest absolute Gasteiger partial charge is 0.444 e. The van der Waals surface area contributed by atoms with Crippen molar-refractivity contribution in [3.8, 4) is 5.82 Å². The van der Waals surface area contributed by atoms with Crippen molar-refractivity contribution in [1.82, 2.24) is 30.2 Å². The first-order valence-corrected chi connectivity index (χ1v) is 18.2. The number of para-hydroxylation sites is 2. The van der Waals surface area contributed by atoms with E-state index in [9.17, 15) is 18.4 Å². The Labute approximate surface area is 307 Å². The number of benzene rings is 2. The molecule has 284 valence electrons. The Morgan fingerprint density at radius 3 is 2.36 bits per heavy atom. The second kappa shape index (κ2) is 17.3. The number of carbonyl (C=O) groups is 2. The highest BCUT2D eigenvalue weighted by atomic mass is 19.3. The van der Waals surface area contributed by atoms with E-state index in [4.69, 9.17) is 24.2 Å². The molecule has 6 rings (SSSR count). The van der Waals surface area contributed by atoms with Crippen molar-refractivity contribution >= 4 is 34.8 Å². The summed E-state index contributed by atoms with van der Waals surface area (Å²) >= 11 is 0. The van der Waals surface area contributed by atoms with Gasteiger partial charge in [-0.2, -0.15) is 9.97 Å². The minimum absolute atomic E-state index is 0.0135. The van der Waals surface area contributed by atoms with Crippen LogP contribution in [0.5, 0.6) is 0 Å². The Hall–Kier alpha value is -4.89. The van der Waals surface area contributed by atoms with Crippen molar-refractivity contribution in [3.05, 3.63) is 72.1 Å². The van der Waals surface area contributed by atoms with Gasteiger partial charge < -0.3 is 35.1 Å². The van der Waals surface area contributed by atoms with E-state index in [2.05, 4.69) is 20.9 Å². The molecule has 0 radical (unpaired) electrons. The number of hydrogen-bond acceptors (Lipinski definition) is 10. The predicted molar refractivity (Wildman–Crippen MR) is 196 cm³/mol. The van der Waals surface area contributed by atoms with Gasteiger partial charge in [-0.25, -0.2) is 18.6 Å². The van der Waals surface area contributed by atoms with Crippen molar-refractivity contribution < 1.29 is 32.6 Å². The summed E-state index contributed by atoms with van der Waals surface area (Å²) in [5, 5.41) is 9.37. The molecule has 2 amide bonds. The van der Waals surface area contributed by atoms with E-state index >= 15 is 0 Å². The summed E-state index contributed by atoms with van der Waals surface area (Å²) in [5.41, 5.74) is 1.28. The summed E-state index contributed by atoms with van der Waals surface area (Å²) in [6, 6.07) is 17.5. The number of halogens is 2. The van der Waals surface area contributed by atoms with Crippen molar-refractivity contribution in [2.24, 2.45) is 0 Å². The number of alkyl halides is 2. The van der Waals surface area contributed by atoms with E-state index in [0.717, 1.165) is 18.4 Å². The van der Waals surface area contributed by atoms with Crippen LogP contribution in [-0.2, 0) is 25.6 Å². The second-order valence-corrected chi connectivity index (χ2v) is 14.3. The molecular formula is C38H48F2N8O5. The first-order chi connectivity index (χ1) is 25.5. The number of amides is 2. The number of hydrogen-bond donors (Lipinski definition) is 3. The third kappa shape index (κ3) is 10.4. The average Bonchev–Trinajstić information content (AvgIpc) is 3.54. The molecule has 3 heterocycles. The number of rotatable bonds is 13. The molecule has 0 spiro atoms. The molecule has 2 aliphatic rings. The number of alkyl carbamates (subject to hydrolysis) is 1. The minimum Gasteiger partial charge on any atom is -0.444 e. The zero-order valence-electron chi connectivity index (χ0n) is 30.4. The molecule has 0 unspecified atom stereocenters. The number of nitrogens with zero attached hydrogens (tertiary/aromatic N) is 5. The van der Waals surface area contributed by atoms with Gasteiger partial charge in [0.1, 0.15) is 23.3 Å². The van der Waals surface area contributed by atoms with Crippen LogP contribution in [0.15, 0.2) is 60.7 Å². The standard InChI is InChI=1S/C38H48F2N8O5/c1-38(2,3)53-37(50)44-29(17-20-52-24-25-9-5-4-6-10-25)35(49)42-27-15-13-26(14-16-27)41-31-23-32(46-36(45-31)47-18-21-51-22-19-47)48-30-12-8-7-11-28(30)43-34(48)33(39)40/h4-12,23,26-27,29,33H,13-22,24H2,1-3H3,(H,42,49)(H,44,50)(H,41,45,46)/t26?,27?,29-/m1/s1. The molecule has 13 nitrogen and oxygen atoms in total. The maximum absolute atomic E-state index is 14.3. The lowest BCUT2D eigenvalue weighted by Crippen LogP contribution is -2.52. The minimum atomic E-state index is -2.81. The zero-order chi connectivity index (χ0) is 37.4. The summed E-state index contributed by atoms with van der Waals surface area (Å²) in [6.45, 7) is 8.13. The van der Waals surface area contributed by atoms with Crippen LogP contribution >= 0.6 is 0 Å². The van der Waals surface area contributed by atoms with Crippen LogP contribution < -0.4 is 20.9 Å². The fourth-order valence-corrected chi connectivity index (χ4v) is 6.52. The highest BCUT2D eigenvalue weighted by Crippen LogP contribution is 2.30. The Kier molecular flexibility index (Phi) is 12.3. The van der Waals surface area contributed by atoms with Crippen molar-refractivity contribution in [2.45, 2.75) is 89.6 Å². The smallest absolute Gasteiger partial charge is 0.408 e. The van der Waals surface area contributed by atoms with Gasteiger partial charge in [0.15, 0.2) is 5.82 Å². The maximum Gasteiger partial charge on any atom is 0.408 e. The van der Waals surface area contributed by atoms with Gasteiger partial charge in [0.25, 0.3) is 6.43 Å². The van der Waals surface area contributed by atoms with E-state index in [1.807, 2.05) is 35.2 Å². The first kappa shape index (κ1) is 37.9. The summed E-state index contributed by atoms with van der Waals surface area (Å²) in [6.07, 6.45) is -0.400. The van der Waals surface area contributed by atoms with E-state index in [0.29, 0.717) is 74.4 Å². The van der Waals surface area contributed by atoms with Gasteiger partial charge in [-0.05, 0) is 64.2 Å². The summed E-state index contributed by atoms with van der Waals surface area (Å²) in [7, 11) is 0. The molecule has 1 saturated heterocycles.